The van der Waals surface area contributed by atoms with E-state index in [-0.39, 0.29) is 6.04 Å². The van der Waals surface area contributed by atoms with Gasteiger partial charge >= 0.3 is 0 Å². The number of rotatable bonds is 7. The van der Waals surface area contributed by atoms with Crippen molar-refractivity contribution in [1.29, 1.82) is 0 Å². The Morgan fingerprint density at radius 2 is 1.89 bits per heavy atom. The Balaban J connectivity index is 1.51. The zero-order valence-electron chi connectivity index (χ0n) is 15.5. The van der Waals surface area contributed by atoms with E-state index in [9.17, 15) is 0 Å². The maximum absolute atomic E-state index is 5.75. The summed E-state index contributed by atoms with van der Waals surface area (Å²) in [4.78, 5) is 2.57. The van der Waals surface area contributed by atoms with Gasteiger partial charge in [0.15, 0.2) is 0 Å². The van der Waals surface area contributed by atoms with E-state index in [1.54, 1.807) is 6.26 Å². The van der Waals surface area contributed by atoms with E-state index >= 15 is 0 Å². The summed E-state index contributed by atoms with van der Waals surface area (Å²) in [5, 5.41) is 3.79. The van der Waals surface area contributed by atoms with Crippen LogP contribution in [-0.2, 0) is 9.47 Å². The predicted molar refractivity (Wildman–Crippen MR) is 108 cm³/mol. The molecule has 146 valence electrons. The molecule has 0 amide bonds. The largest absolute Gasteiger partial charge is 0.467 e. The third kappa shape index (κ3) is 4.81. The van der Waals surface area contributed by atoms with E-state index in [1.165, 1.54) is 5.56 Å². The SMILES string of the molecule is Brc1ccc([C@H](NC[C@@H]([C@@H]2CCOC2)N2CCOCC2)c2ccco2)cc1. The summed E-state index contributed by atoms with van der Waals surface area (Å²) < 4.78 is 18.1. The number of ether oxygens (including phenoxy) is 2. The van der Waals surface area contributed by atoms with Crippen molar-refractivity contribution in [2.24, 2.45) is 5.92 Å². The molecule has 2 aliphatic heterocycles. The molecule has 0 aliphatic carbocycles. The standard InChI is InChI=1S/C21H27BrN2O3/c22-18-5-3-16(4-6-18)21(20-2-1-10-27-20)23-14-19(17-7-11-26-15-17)24-8-12-25-13-9-24/h1-6,10,17,19,21,23H,7-9,11-15H2/t17-,19+,21+/m1/s1. The molecule has 2 aromatic rings. The molecule has 5 nitrogen and oxygen atoms in total. The Hall–Kier alpha value is -1.18. The molecule has 0 bridgehead atoms. The Kier molecular flexibility index (Phi) is 6.63. The number of nitrogens with one attached hydrogen (secondary N) is 1. The molecule has 0 radical (unpaired) electrons. The summed E-state index contributed by atoms with van der Waals surface area (Å²) in [7, 11) is 0. The van der Waals surface area contributed by atoms with Gasteiger partial charge in [0.1, 0.15) is 5.76 Å². The Morgan fingerprint density at radius 3 is 2.56 bits per heavy atom. The fourth-order valence-corrected chi connectivity index (χ4v) is 4.36. The van der Waals surface area contributed by atoms with Crippen LogP contribution in [0.3, 0.4) is 0 Å². The van der Waals surface area contributed by atoms with Crippen LogP contribution < -0.4 is 5.32 Å². The monoisotopic (exact) mass is 434 g/mol. The number of furan rings is 1. The van der Waals surface area contributed by atoms with E-state index in [0.29, 0.717) is 12.0 Å². The third-order valence-corrected chi connectivity index (χ3v) is 6.11. The highest BCUT2D eigenvalue weighted by molar-refractivity contribution is 9.10. The van der Waals surface area contributed by atoms with Gasteiger partial charge in [-0.3, -0.25) is 4.90 Å². The lowest BCUT2D eigenvalue weighted by Crippen LogP contribution is -2.52. The van der Waals surface area contributed by atoms with Crippen molar-refractivity contribution in [2.45, 2.75) is 18.5 Å². The van der Waals surface area contributed by atoms with Crippen LogP contribution in [0.5, 0.6) is 0 Å². The Bertz CT molecular complexity index is 680. The van der Waals surface area contributed by atoms with Crippen LogP contribution in [0, 0.1) is 5.92 Å². The number of halogens is 1. The second kappa shape index (κ2) is 9.34. The van der Waals surface area contributed by atoms with Crippen molar-refractivity contribution < 1.29 is 13.9 Å². The summed E-state index contributed by atoms with van der Waals surface area (Å²) in [6, 6.07) is 12.9. The van der Waals surface area contributed by atoms with E-state index in [4.69, 9.17) is 13.9 Å². The van der Waals surface area contributed by atoms with Crippen molar-refractivity contribution in [2.75, 3.05) is 46.1 Å². The van der Waals surface area contributed by atoms with Crippen molar-refractivity contribution in [3.8, 4) is 0 Å². The fraction of sp³-hybridized carbons (Fsp3) is 0.524. The summed E-state index contributed by atoms with van der Waals surface area (Å²) in [6.07, 6.45) is 2.88. The van der Waals surface area contributed by atoms with E-state index in [2.05, 4.69) is 50.4 Å². The van der Waals surface area contributed by atoms with Crippen molar-refractivity contribution in [3.63, 3.8) is 0 Å². The average molecular weight is 435 g/mol. The van der Waals surface area contributed by atoms with Gasteiger partial charge in [-0.1, -0.05) is 28.1 Å². The normalized spacial score (nSPS) is 23.4. The molecule has 2 aliphatic rings. The van der Waals surface area contributed by atoms with Gasteiger partial charge in [0.05, 0.1) is 32.1 Å². The van der Waals surface area contributed by atoms with Gasteiger partial charge in [0.25, 0.3) is 0 Å². The first-order chi connectivity index (χ1) is 13.3. The van der Waals surface area contributed by atoms with Crippen LogP contribution in [0.2, 0.25) is 0 Å². The molecule has 2 fully saturated rings. The summed E-state index contributed by atoms with van der Waals surface area (Å²) in [6.45, 7) is 6.25. The van der Waals surface area contributed by atoms with Gasteiger partial charge in [-0.15, -0.1) is 0 Å². The topological polar surface area (TPSA) is 46.9 Å². The maximum Gasteiger partial charge on any atom is 0.125 e. The molecular formula is C21H27BrN2O3. The molecule has 6 heteroatoms. The maximum atomic E-state index is 5.75. The van der Waals surface area contributed by atoms with E-state index in [0.717, 1.165) is 62.7 Å². The number of hydrogen-bond acceptors (Lipinski definition) is 5. The molecule has 3 atom stereocenters. The first-order valence-corrected chi connectivity index (χ1v) is 10.5. The van der Waals surface area contributed by atoms with Crippen LogP contribution >= 0.6 is 15.9 Å². The quantitative estimate of drug-likeness (QED) is 0.722. The Morgan fingerprint density at radius 1 is 1.07 bits per heavy atom. The summed E-state index contributed by atoms with van der Waals surface area (Å²) in [5.41, 5.74) is 1.21. The van der Waals surface area contributed by atoms with Crippen LogP contribution in [0.15, 0.2) is 51.6 Å². The molecule has 27 heavy (non-hydrogen) atoms. The highest BCUT2D eigenvalue weighted by atomic mass is 79.9. The Labute approximate surface area is 169 Å². The molecule has 1 aromatic carbocycles. The zero-order chi connectivity index (χ0) is 18.5. The van der Waals surface area contributed by atoms with Crippen LogP contribution in [-0.4, -0.2) is 57.0 Å². The van der Waals surface area contributed by atoms with Crippen LogP contribution in [0.25, 0.3) is 0 Å². The van der Waals surface area contributed by atoms with Crippen LogP contribution in [0.1, 0.15) is 23.8 Å². The number of benzene rings is 1. The van der Waals surface area contributed by atoms with Crippen LogP contribution in [0.4, 0.5) is 0 Å². The molecule has 3 heterocycles. The predicted octanol–water partition coefficient (Wildman–Crippen LogP) is 3.46. The van der Waals surface area contributed by atoms with Gasteiger partial charge < -0.3 is 19.2 Å². The summed E-state index contributed by atoms with van der Waals surface area (Å²) >= 11 is 3.53. The minimum absolute atomic E-state index is 0.0407. The zero-order valence-corrected chi connectivity index (χ0v) is 17.1. The molecule has 0 unspecified atom stereocenters. The number of hydrogen-bond donors (Lipinski definition) is 1. The smallest absolute Gasteiger partial charge is 0.125 e. The van der Waals surface area contributed by atoms with E-state index in [1.807, 2.05) is 12.1 Å². The molecule has 0 spiro atoms. The number of nitrogens with zero attached hydrogens (tertiary/aromatic N) is 1. The lowest BCUT2D eigenvalue weighted by molar-refractivity contribution is 0.000923. The molecule has 2 saturated heterocycles. The molecular weight excluding hydrogens is 408 g/mol. The molecule has 4 rings (SSSR count). The first-order valence-electron chi connectivity index (χ1n) is 9.73. The van der Waals surface area contributed by atoms with Gasteiger partial charge in [0.2, 0.25) is 0 Å². The van der Waals surface area contributed by atoms with Crippen molar-refractivity contribution in [3.05, 3.63) is 58.5 Å². The minimum atomic E-state index is 0.0407. The lowest BCUT2D eigenvalue weighted by atomic mass is 9.95. The summed E-state index contributed by atoms with van der Waals surface area (Å²) in [5.74, 6) is 1.51. The highest BCUT2D eigenvalue weighted by Gasteiger charge is 2.32. The van der Waals surface area contributed by atoms with Crippen molar-refractivity contribution in [1.82, 2.24) is 10.2 Å². The van der Waals surface area contributed by atoms with Gasteiger partial charge in [-0.2, -0.15) is 0 Å². The van der Waals surface area contributed by atoms with Gasteiger partial charge in [0, 0.05) is 42.7 Å². The lowest BCUT2D eigenvalue weighted by Gasteiger charge is -2.38. The number of morpholine rings is 1. The second-order valence-corrected chi connectivity index (χ2v) is 8.16. The third-order valence-electron chi connectivity index (χ3n) is 5.59. The van der Waals surface area contributed by atoms with Gasteiger partial charge in [-0.25, -0.2) is 0 Å². The minimum Gasteiger partial charge on any atom is -0.467 e. The second-order valence-electron chi connectivity index (χ2n) is 7.25. The molecule has 0 saturated carbocycles. The molecule has 1 aromatic heterocycles. The molecule has 1 N–H and O–H groups in total. The average Bonchev–Trinajstić information content (AvgIpc) is 3.41. The highest BCUT2D eigenvalue weighted by Crippen LogP contribution is 2.26. The van der Waals surface area contributed by atoms with E-state index < -0.39 is 0 Å². The fourth-order valence-electron chi connectivity index (χ4n) is 4.09. The van der Waals surface area contributed by atoms with Gasteiger partial charge in [-0.05, 0) is 36.2 Å². The van der Waals surface area contributed by atoms with Crippen molar-refractivity contribution >= 4 is 15.9 Å². The first kappa shape index (κ1) is 19.2.